The predicted octanol–water partition coefficient (Wildman–Crippen LogP) is 3.86. The fraction of sp³-hybridized carbons (Fsp3) is 0.333. The second kappa shape index (κ2) is 4.86. The highest BCUT2D eigenvalue weighted by molar-refractivity contribution is 7.33. The van der Waals surface area contributed by atoms with Crippen LogP contribution in [0, 0.1) is 0 Å². The maximum Gasteiger partial charge on any atom is 0.319 e. The van der Waals surface area contributed by atoms with Crippen molar-refractivity contribution in [2.24, 2.45) is 0 Å². The molecule has 1 heterocycles. The Kier molecular flexibility index (Phi) is 3.70. The second-order valence-electron chi connectivity index (χ2n) is 3.16. The minimum Gasteiger partial charge on any atom is -0.311 e. The summed E-state index contributed by atoms with van der Waals surface area (Å²) < 4.78 is 21.1. The molecular formula is C9H9Cl2O3P. The van der Waals surface area contributed by atoms with Gasteiger partial charge in [0, 0.05) is 22.0 Å². The van der Waals surface area contributed by atoms with Crippen molar-refractivity contribution in [1.82, 2.24) is 0 Å². The summed E-state index contributed by atoms with van der Waals surface area (Å²) in [7, 11) is -2.37. The third-order valence-electron chi connectivity index (χ3n) is 2.14. The summed E-state index contributed by atoms with van der Waals surface area (Å²) in [5, 5.41) is 1.16. The monoisotopic (exact) mass is 266 g/mol. The zero-order valence-corrected chi connectivity index (χ0v) is 10.2. The van der Waals surface area contributed by atoms with E-state index in [-0.39, 0.29) is 6.10 Å². The van der Waals surface area contributed by atoms with E-state index in [0.717, 1.165) is 5.56 Å². The molecule has 0 aromatic heterocycles. The van der Waals surface area contributed by atoms with Crippen LogP contribution in [0.2, 0.25) is 10.0 Å². The molecule has 0 aliphatic carbocycles. The first-order valence-corrected chi connectivity index (χ1v) is 6.43. The van der Waals surface area contributed by atoms with Crippen LogP contribution in [0.25, 0.3) is 0 Å². The van der Waals surface area contributed by atoms with Crippen molar-refractivity contribution < 1.29 is 13.6 Å². The standard InChI is InChI=1S/C9H9Cl2O3P/c10-6-1-2-8(11)7(5-6)9-3-4-13-15(12)14-9/h1-2,5,9,15H,3-4H2/t9-/m1/s1. The van der Waals surface area contributed by atoms with Gasteiger partial charge in [0.2, 0.25) is 0 Å². The van der Waals surface area contributed by atoms with Crippen LogP contribution in [0.1, 0.15) is 18.1 Å². The van der Waals surface area contributed by atoms with Crippen LogP contribution in [0.3, 0.4) is 0 Å². The molecule has 1 saturated heterocycles. The Morgan fingerprint density at radius 1 is 1.40 bits per heavy atom. The smallest absolute Gasteiger partial charge is 0.311 e. The fourth-order valence-electron chi connectivity index (χ4n) is 1.44. The first-order chi connectivity index (χ1) is 7.16. The Labute approximate surface area is 98.2 Å². The second-order valence-corrected chi connectivity index (χ2v) is 5.03. The van der Waals surface area contributed by atoms with Gasteiger partial charge in [-0.3, -0.25) is 4.57 Å². The van der Waals surface area contributed by atoms with E-state index in [1.165, 1.54) is 0 Å². The Morgan fingerprint density at radius 3 is 2.93 bits per heavy atom. The van der Waals surface area contributed by atoms with E-state index >= 15 is 0 Å². The molecule has 0 N–H and O–H groups in total. The summed E-state index contributed by atoms with van der Waals surface area (Å²) >= 11 is 11.9. The Morgan fingerprint density at radius 2 is 2.20 bits per heavy atom. The van der Waals surface area contributed by atoms with Crippen molar-refractivity contribution in [3.05, 3.63) is 33.8 Å². The van der Waals surface area contributed by atoms with Gasteiger partial charge in [0.25, 0.3) is 0 Å². The SMILES string of the molecule is O=[PH]1OCC[C@H](c2cc(Cl)ccc2Cl)O1. The van der Waals surface area contributed by atoms with Crippen molar-refractivity contribution in [2.75, 3.05) is 6.61 Å². The first kappa shape index (κ1) is 11.4. The molecule has 82 valence electrons. The molecule has 1 fully saturated rings. The largest absolute Gasteiger partial charge is 0.319 e. The van der Waals surface area contributed by atoms with E-state index in [4.69, 9.17) is 32.2 Å². The molecule has 2 rings (SSSR count). The molecule has 1 aromatic rings. The van der Waals surface area contributed by atoms with E-state index in [2.05, 4.69) is 0 Å². The van der Waals surface area contributed by atoms with Crippen LogP contribution in [-0.4, -0.2) is 6.61 Å². The fourth-order valence-corrected chi connectivity index (χ4v) is 2.69. The molecular weight excluding hydrogens is 258 g/mol. The molecule has 1 aliphatic rings. The highest BCUT2D eigenvalue weighted by Crippen LogP contribution is 2.42. The summed E-state index contributed by atoms with van der Waals surface area (Å²) in [5.74, 6) is 0. The predicted molar refractivity (Wildman–Crippen MR) is 59.9 cm³/mol. The average Bonchev–Trinajstić information content (AvgIpc) is 2.22. The topological polar surface area (TPSA) is 35.5 Å². The molecule has 0 amide bonds. The molecule has 0 saturated carbocycles. The summed E-state index contributed by atoms with van der Waals surface area (Å²) in [4.78, 5) is 0. The minimum absolute atomic E-state index is 0.281. The number of hydrogen-bond acceptors (Lipinski definition) is 3. The minimum atomic E-state index is -2.37. The van der Waals surface area contributed by atoms with Gasteiger partial charge in [-0.25, -0.2) is 0 Å². The molecule has 0 spiro atoms. The molecule has 15 heavy (non-hydrogen) atoms. The highest BCUT2D eigenvalue weighted by Gasteiger charge is 2.23. The van der Waals surface area contributed by atoms with Gasteiger partial charge in [-0.1, -0.05) is 23.2 Å². The number of benzene rings is 1. The molecule has 6 heteroatoms. The zero-order valence-electron chi connectivity index (χ0n) is 7.70. The van der Waals surface area contributed by atoms with E-state index in [1.807, 2.05) is 0 Å². The lowest BCUT2D eigenvalue weighted by molar-refractivity contribution is 0.0969. The van der Waals surface area contributed by atoms with Crippen LogP contribution in [0.4, 0.5) is 0 Å². The quantitative estimate of drug-likeness (QED) is 0.724. The average molecular weight is 267 g/mol. The van der Waals surface area contributed by atoms with Gasteiger partial charge in [-0.15, -0.1) is 0 Å². The van der Waals surface area contributed by atoms with Gasteiger partial charge in [0.15, 0.2) is 0 Å². The van der Waals surface area contributed by atoms with Gasteiger partial charge in [0.05, 0.1) is 12.7 Å². The van der Waals surface area contributed by atoms with Gasteiger partial charge >= 0.3 is 8.25 Å². The summed E-state index contributed by atoms with van der Waals surface area (Å²) in [6.45, 7) is 0.422. The third kappa shape index (κ3) is 2.74. The van der Waals surface area contributed by atoms with E-state index in [9.17, 15) is 4.57 Å². The van der Waals surface area contributed by atoms with Crippen molar-refractivity contribution in [1.29, 1.82) is 0 Å². The molecule has 0 radical (unpaired) electrons. The van der Waals surface area contributed by atoms with Crippen molar-refractivity contribution in [3.8, 4) is 0 Å². The number of rotatable bonds is 1. The van der Waals surface area contributed by atoms with Crippen molar-refractivity contribution in [2.45, 2.75) is 12.5 Å². The van der Waals surface area contributed by atoms with E-state index in [0.29, 0.717) is 23.1 Å². The number of halogens is 2. The third-order valence-corrected chi connectivity index (χ3v) is 3.64. The normalized spacial score (nSPS) is 26.5. The lowest BCUT2D eigenvalue weighted by Gasteiger charge is -2.23. The van der Waals surface area contributed by atoms with Gasteiger partial charge in [0.1, 0.15) is 0 Å². The summed E-state index contributed by atoms with van der Waals surface area (Å²) in [5.41, 5.74) is 0.769. The highest BCUT2D eigenvalue weighted by atomic mass is 35.5. The molecule has 0 bridgehead atoms. The molecule has 2 atom stereocenters. The number of hydrogen-bond donors (Lipinski definition) is 0. The van der Waals surface area contributed by atoms with Crippen LogP contribution in [0.15, 0.2) is 18.2 Å². The van der Waals surface area contributed by atoms with Crippen molar-refractivity contribution >= 4 is 31.5 Å². The van der Waals surface area contributed by atoms with E-state index in [1.54, 1.807) is 18.2 Å². The Hall–Kier alpha value is -0.0500. The maximum absolute atomic E-state index is 11.1. The van der Waals surface area contributed by atoms with Gasteiger partial charge in [-0.05, 0) is 18.2 Å². The lowest BCUT2D eigenvalue weighted by atomic mass is 10.1. The van der Waals surface area contributed by atoms with Crippen LogP contribution in [0.5, 0.6) is 0 Å². The molecule has 1 unspecified atom stereocenters. The lowest BCUT2D eigenvalue weighted by Crippen LogP contribution is -2.09. The summed E-state index contributed by atoms with van der Waals surface area (Å²) in [6.07, 6.45) is 0.354. The van der Waals surface area contributed by atoms with Crippen LogP contribution in [-0.2, 0) is 13.6 Å². The van der Waals surface area contributed by atoms with Gasteiger partial charge in [-0.2, -0.15) is 0 Å². The first-order valence-electron chi connectivity index (χ1n) is 4.45. The van der Waals surface area contributed by atoms with Crippen molar-refractivity contribution in [3.63, 3.8) is 0 Å². The Balaban J connectivity index is 2.27. The van der Waals surface area contributed by atoms with Crippen LogP contribution < -0.4 is 0 Å². The maximum atomic E-state index is 11.1. The molecule has 1 aromatic carbocycles. The Bertz CT molecular complexity index is 397. The molecule has 3 nitrogen and oxygen atoms in total. The van der Waals surface area contributed by atoms with E-state index < -0.39 is 8.25 Å². The van der Waals surface area contributed by atoms with Gasteiger partial charge < -0.3 is 9.05 Å². The zero-order chi connectivity index (χ0) is 10.8. The summed E-state index contributed by atoms with van der Waals surface area (Å²) in [6, 6.07) is 5.14. The molecule has 1 aliphatic heterocycles. The van der Waals surface area contributed by atoms with Crippen LogP contribution >= 0.6 is 31.5 Å².